The molecule has 0 aromatic rings. The summed E-state index contributed by atoms with van der Waals surface area (Å²) < 4.78 is 5.05. The van der Waals surface area contributed by atoms with E-state index < -0.39 is 6.29 Å². The Kier molecular flexibility index (Phi) is 2.10. The van der Waals surface area contributed by atoms with Crippen molar-refractivity contribution in [3.8, 4) is 0 Å². The number of aliphatic hydroxyl groups excluding tert-OH is 1. The van der Waals surface area contributed by atoms with Crippen molar-refractivity contribution in [2.45, 2.75) is 56.5 Å². The van der Waals surface area contributed by atoms with Crippen LogP contribution in [0.4, 0.5) is 0 Å². The topological polar surface area (TPSA) is 58.8 Å². The van der Waals surface area contributed by atoms with Crippen LogP contribution in [0.15, 0.2) is 0 Å². The number of aliphatic hydroxyl groups is 1. The Morgan fingerprint density at radius 3 is 2.08 bits per heavy atom. The zero-order valence-electron chi connectivity index (χ0n) is 7.33. The van der Waals surface area contributed by atoms with Crippen molar-refractivity contribution in [2.75, 3.05) is 0 Å². The Balaban J connectivity index is 1.97. The molecule has 3 nitrogen and oxygen atoms in total. The molecule has 2 aliphatic rings. The van der Waals surface area contributed by atoms with Crippen LogP contribution in [-0.2, 0) is 4.74 Å². The van der Waals surface area contributed by atoms with Crippen molar-refractivity contribution in [1.82, 2.24) is 0 Å². The maximum Gasteiger partial charge on any atom is 0.183 e. The molecule has 12 heavy (non-hydrogen) atoms. The first-order valence-corrected chi connectivity index (χ1v) is 4.85. The zero-order valence-corrected chi connectivity index (χ0v) is 7.33. The molecule has 1 aliphatic heterocycles. The van der Waals surface area contributed by atoms with Gasteiger partial charge in [-0.15, -0.1) is 0 Å². The minimum absolute atomic E-state index is 0.0735. The largest absolute Gasteiger partial charge is 0.366 e. The van der Waals surface area contributed by atoms with Gasteiger partial charge in [0.25, 0.3) is 0 Å². The van der Waals surface area contributed by atoms with Crippen molar-refractivity contribution < 1.29 is 9.84 Å². The normalized spacial score (nSPS) is 40.5. The van der Waals surface area contributed by atoms with E-state index in [1.165, 1.54) is 25.7 Å². The Morgan fingerprint density at radius 1 is 1.17 bits per heavy atom. The van der Waals surface area contributed by atoms with E-state index in [0.29, 0.717) is 0 Å². The number of hydrogen-bond acceptors (Lipinski definition) is 3. The van der Waals surface area contributed by atoms with Crippen LogP contribution in [0.2, 0.25) is 0 Å². The van der Waals surface area contributed by atoms with E-state index in [0.717, 1.165) is 12.8 Å². The molecule has 70 valence electrons. The molecule has 0 amide bonds. The van der Waals surface area contributed by atoms with Gasteiger partial charge in [-0.2, -0.15) is 0 Å². The average Bonchev–Trinajstić information content (AvgIpc) is 2.76. The molecule has 3 heteroatoms. The van der Waals surface area contributed by atoms with Crippen LogP contribution in [0.1, 0.15) is 38.5 Å². The molecule has 2 fully saturated rings. The van der Waals surface area contributed by atoms with E-state index >= 15 is 0 Å². The van der Waals surface area contributed by atoms with E-state index in [1.54, 1.807) is 0 Å². The summed E-state index contributed by atoms with van der Waals surface area (Å²) in [6.45, 7) is 0. The van der Waals surface area contributed by atoms with E-state index in [1.807, 2.05) is 0 Å². The van der Waals surface area contributed by atoms with Gasteiger partial charge in [-0.3, -0.25) is 0 Å². The summed E-state index contributed by atoms with van der Waals surface area (Å²) in [6.07, 6.45) is 6.29. The van der Waals surface area contributed by atoms with Crippen molar-refractivity contribution in [1.29, 1.82) is 0 Å². The van der Waals surface area contributed by atoms with Gasteiger partial charge in [0, 0.05) is 5.54 Å². The monoisotopic (exact) mass is 171 g/mol. The maximum atomic E-state index is 9.13. The van der Waals surface area contributed by atoms with Crippen molar-refractivity contribution in [3.05, 3.63) is 0 Å². The third-order valence-electron chi connectivity index (χ3n) is 3.07. The molecule has 2 rings (SSSR count). The Hall–Kier alpha value is -0.120. The lowest BCUT2D eigenvalue weighted by Gasteiger charge is -2.25. The van der Waals surface area contributed by atoms with Crippen molar-refractivity contribution in [2.24, 2.45) is 5.73 Å². The summed E-state index contributed by atoms with van der Waals surface area (Å²) in [4.78, 5) is 0. The van der Waals surface area contributed by atoms with Gasteiger partial charge in [-0.25, -0.2) is 0 Å². The average molecular weight is 171 g/mol. The van der Waals surface area contributed by atoms with Crippen LogP contribution in [-0.4, -0.2) is 23.0 Å². The highest BCUT2D eigenvalue weighted by molar-refractivity contribution is 5.01. The van der Waals surface area contributed by atoms with Gasteiger partial charge in [-0.05, 0) is 12.8 Å². The minimum Gasteiger partial charge on any atom is -0.366 e. The van der Waals surface area contributed by atoms with Gasteiger partial charge in [0.05, 0.1) is 0 Å². The second kappa shape index (κ2) is 2.98. The van der Waals surface area contributed by atoms with Gasteiger partial charge >= 0.3 is 0 Å². The highest BCUT2D eigenvalue weighted by Gasteiger charge is 2.51. The van der Waals surface area contributed by atoms with Gasteiger partial charge in [0.2, 0.25) is 0 Å². The van der Waals surface area contributed by atoms with Gasteiger partial charge < -0.3 is 15.6 Å². The smallest absolute Gasteiger partial charge is 0.183 e. The molecule has 0 spiro atoms. The van der Waals surface area contributed by atoms with E-state index in [-0.39, 0.29) is 11.6 Å². The molecule has 0 bridgehead atoms. The predicted octanol–water partition coefficient (Wildman–Crippen LogP) is 0.755. The molecule has 1 aliphatic carbocycles. The summed E-state index contributed by atoms with van der Waals surface area (Å²) in [5.74, 6) is 0. The predicted molar refractivity (Wildman–Crippen MR) is 45.5 cm³/mol. The summed E-state index contributed by atoms with van der Waals surface area (Å²) >= 11 is 0. The minimum atomic E-state index is -0.576. The number of nitrogens with two attached hydrogens (primary N) is 1. The van der Waals surface area contributed by atoms with Gasteiger partial charge in [0.1, 0.15) is 6.10 Å². The first kappa shape index (κ1) is 8.48. The van der Waals surface area contributed by atoms with Crippen LogP contribution in [0.3, 0.4) is 0 Å². The first-order chi connectivity index (χ1) is 5.72. The van der Waals surface area contributed by atoms with E-state index in [2.05, 4.69) is 0 Å². The van der Waals surface area contributed by atoms with Crippen molar-refractivity contribution in [3.63, 3.8) is 0 Å². The van der Waals surface area contributed by atoms with Crippen LogP contribution in [0.5, 0.6) is 0 Å². The van der Waals surface area contributed by atoms with E-state index in [4.69, 9.17) is 15.6 Å². The molecule has 0 aromatic carbocycles. The van der Waals surface area contributed by atoms with Crippen molar-refractivity contribution >= 4 is 0 Å². The molecule has 1 saturated carbocycles. The molecule has 0 radical (unpaired) electrons. The number of epoxide rings is 1. The summed E-state index contributed by atoms with van der Waals surface area (Å²) in [5.41, 5.74) is 5.94. The molecule has 2 unspecified atom stereocenters. The lowest BCUT2D eigenvalue weighted by atomic mass is 9.88. The quantitative estimate of drug-likeness (QED) is 0.452. The fraction of sp³-hybridized carbons (Fsp3) is 1.00. The maximum absolute atomic E-state index is 9.13. The SMILES string of the molecule is NC1(C2OC2O)CCCCCC1. The number of hydrogen-bond donors (Lipinski definition) is 2. The number of rotatable bonds is 1. The Morgan fingerprint density at radius 2 is 1.67 bits per heavy atom. The van der Waals surface area contributed by atoms with Gasteiger partial charge in [0.15, 0.2) is 6.29 Å². The van der Waals surface area contributed by atoms with Crippen LogP contribution >= 0.6 is 0 Å². The third kappa shape index (κ3) is 1.49. The summed E-state index contributed by atoms with van der Waals surface area (Å²) in [6, 6.07) is 0. The zero-order chi connectivity index (χ0) is 8.60. The highest BCUT2D eigenvalue weighted by atomic mass is 16.7. The third-order valence-corrected chi connectivity index (χ3v) is 3.07. The highest BCUT2D eigenvalue weighted by Crippen LogP contribution is 2.37. The summed E-state index contributed by atoms with van der Waals surface area (Å²) in [5, 5.41) is 9.13. The fourth-order valence-electron chi connectivity index (χ4n) is 2.20. The lowest BCUT2D eigenvalue weighted by molar-refractivity contribution is 0.155. The molecule has 0 aromatic heterocycles. The first-order valence-electron chi connectivity index (χ1n) is 4.85. The lowest BCUT2D eigenvalue weighted by Crippen LogP contribution is -2.45. The Bertz CT molecular complexity index is 164. The summed E-state index contributed by atoms with van der Waals surface area (Å²) in [7, 11) is 0. The Labute approximate surface area is 72.9 Å². The fourth-order valence-corrected chi connectivity index (χ4v) is 2.20. The molecule has 2 atom stereocenters. The van der Waals surface area contributed by atoms with E-state index in [9.17, 15) is 0 Å². The second-order valence-corrected chi connectivity index (χ2v) is 4.09. The molecular formula is C9H17NO2. The molecule has 1 heterocycles. The van der Waals surface area contributed by atoms with Crippen LogP contribution < -0.4 is 5.73 Å². The van der Waals surface area contributed by atoms with Crippen LogP contribution in [0, 0.1) is 0 Å². The molecular weight excluding hydrogens is 154 g/mol. The standard InChI is InChI=1S/C9H17NO2/c10-9(7-8(11)12-7)5-3-1-2-4-6-9/h7-8,11H,1-6,10H2. The second-order valence-electron chi connectivity index (χ2n) is 4.09. The van der Waals surface area contributed by atoms with Gasteiger partial charge in [-0.1, -0.05) is 25.7 Å². The molecule has 1 saturated heterocycles. The van der Waals surface area contributed by atoms with Crippen LogP contribution in [0.25, 0.3) is 0 Å². The molecule has 3 N–H and O–H groups in total. The number of ether oxygens (including phenoxy) is 1.